The number of rotatable bonds is 5. The second-order valence-corrected chi connectivity index (χ2v) is 8.57. The molecule has 2 aromatic heterocycles. The molecule has 0 aromatic carbocycles. The van der Waals surface area contributed by atoms with E-state index in [1.165, 1.54) is 12.0 Å². The van der Waals surface area contributed by atoms with E-state index in [1.54, 1.807) is 6.20 Å². The van der Waals surface area contributed by atoms with Crippen molar-refractivity contribution in [2.75, 3.05) is 5.32 Å². The zero-order chi connectivity index (χ0) is 18.9. The lowest BCUT2D eigenvalue weighted by molar-refractivity contribution is 0.360. The number of hydrogen-bond donors (Lipinski definition) is 2. The minimum absolute atomic E-state index is 0.147. The maximum atomic E-state index is 6.32. The van der Waals surface area contributed by atoms with E-state index in [0.29, 0.717) is 22.8 Å². The Morgan fingerprint density at radius 1 is 1.35 bits per heavy atom. The molecule has 0 bridgehead atoms. The normalized spacial score (nSPS) is 21.5. The summed E-state index contributed by atoms with van der Waals surface area (Å²) in [6, 6.07) is 3.07. The Morgan fingerprint density at radius 2 is 2.08 bits per heavy atom. The third-order valence-electron chi connectivity index (χ3n) is 4.91. The molecule has 0 unspecified atom stereocenters. The lowest BCUT2D eigenvalue weighted by atomic mass is 10.1. The van der Waals surface area contributed by atoms with Crippen LogP contribution >= 0.6 is 11.6 Å². The van der Waals surface area contributed by atoms with Crippen molar-refractivity contribution in [3.63, 3.8) is 0 Å². The lowest BCUT2D eigenvalue weighted by Crippen LogP contribution is -2.42. The topological polar surface area (TPSA) is 54.2 Å². The van der Waals surface area contributed by atoms with Gasteiger partial charge in [-0.25, -0.2) is 4.98 Å². The fourth-order valence-electron chi connectivity index (χ4n) is 3.80. The van der Waals surface area contributed by atoms with Gasteiger partial charge in [0, 0.05) is 23.7 Å². The third kappa shape index (κ3) is 4.21. The molecule has 0 radical (unpaired) electrons. The van der Waals surface area contributed by atoms with Gasteiger partial charge in [-0.2, -0.15) is 9.61 Å². The van der Waals surface area contributed by atoms with Crippen LogP contribution in [0.4, 0.5) is 5.82 Å². The van der Waals surface area contributed by atoms with Gasteiger partial charge in [-0.15, -0.1) is 0 Å². The van der Waals surface area contributed by atoms with Crippen molar-refractivity contribution in [1.82, 2.24) is 19.9 Å². The molecule has 0 aliphatic heterocycles. The molecular weight excluding hydrogens is 346 g/mol. The highest BCUT2D eigenvalue weighted by molar-refractivity contribution is 6.33. The highest BCUT2D eigenvalue weighted by atomic mass is 35.5. The summed E-state index contributed by atoms with van der Waals surface area (Å²) in [5, 5.41) is 12.4. The third-order valence-corrected chi connectivity index (χ3v) is 5.18. The van der Waals surface area contributed by atoms with E-state index in [-0.39, 0.29) is 5.54 Å². The Hall–Kier alpha value is -1.59. The minimum atomic E-state index is 0.147. The number of halogens is 1. The molecule has 2 N–H and O–H groups in total. The summed E-state index contributed by atoms with van der Waals surface area (Å²) in [5.41, 5.74) is 3.04. The van der Waals surface area contributed by atoms with Crippen LogP contribution in [0.2, 0.25) is 5.02 Å². The van der Waals surface area contributed by atoms with Crippen LogP contribution in [0, 0.1) is 0 Å². The van der Waals surface area contributed by atoms with Crippen LogP contribution < -0.4 is 10.6 Å². The van der Waals surface area contributed by atoms with Crippen molar-refractivity contribution in [3.8, 4) is 0 Å². The largest absolute Gasteiger partial charge is 0.367 e. The predicted molar refractivity (Wildman–Crippen MR) is 110 cm³/mol. The number of aromatic nitrogens is 3. The summed E-state index contributed by atoms with van der Waals surface area (Å²) in [6.45, 7) is 10.9. The van der Waals surface area contributed by atoms with E-state index in [2.05, 4.69) is 62.5 Å². The van der Waals surface area contributed by atoms with E-state index >= 15 is 0 Å². The molecule has 0 amide bonds. The number of allylic oxidation sites excluding steroid dienone is 2. The fourth-order valence-corrected chi connectivity index (χ4v) is 3.97. The van der Waals surface area contributed by atoms with Gasteiger partial charge in [-0.1, -0.05) is 24.6 Å². The first kappa shape index (κ1) is 19.2. The van der Waals surface area contributed by atoms with Crippen LogP contribution in [0.15, 0.2) is 18.3 Å². The maximum Gasteiger partial charge on any atom is 0.176 e. The molecule has 1 aliphatic carbocycles. The van der Waals surface area contributed by atoms with Gasteiger partial charge in [-0.05, 0) is 59.0 Å². The lowest BCUT2D eigenvalue weighted by Gasteiger charge is -2.26. The first-order chi connectivity index (χ1) is 12.3. The SMILES string of the molecule is C/C=C(\CC)c1cc(N[C@H]2CC[C@H](NC(C)(C)C)C2)n2ncc(Cl)c2n1. The molecule has 0 spiro atoms. The van der Waals surface area contributed by atoms with Crippen LogP contribution in [0.1, 0.15) is 66.0 Å². The Balaban J connectivity index is 1.86. The Morgan fingerprint density at radius 3 is 2.73 bits per heavy atom. The van der Waals surface area contributed by atoms with E-state index in [9.17, 15) is 0 Å². The quantitative estimate of drug-likeness (QED) is 0.778. The van der Waals surface area contributed by atoms with Crippen LogP contribution in [0.25, 0.3) is 11.2 Å². The molecule has 1 saturated carbocycles. The Kier molecular flexibility index (Phi) is 5.58. The second-order valence-electron chi connectivity index (χ2n) is 8.17. The van der Waals surface area contributed by atoms with Crippen LogP contribution in [-0.4, -0.2) is 32.2 Å². The first-order valence-corrected chi connectivity index (χ1v) is 9.92. The molecule has 2 atom stereocenters. The van der Waals surface area contributed by atoms with Crippen molar-refractivity contribution in [2.45, 2.75) is 77.9 Å². The number of nitrogens with zero attached hydrogens (tertiary/aromatic N) is 3. The summed E-state index contributed by atoms with van der Waals surface area (Å²) >= 11 is 6.32. The maximum absolute atomic E-state index is 6.32. The van der Waals surface area contributed by atoms with Gasteiger partial charge in [0.25, 0.3) is 0 Å². The molecule has 5 nitrogen and oxygen atoms in total. The first-order valence-electron chi connectivity index (χ1n) is 9.54. The van der Waals surface area contributed by atoms with Gasteiger partial charge in [0.1, 0.15) is 10.8 Å². The predicted octanol–water partition coefficient (Wildman–Crippen LogP) is 4.92. The van der Waals surface area contributed by atoms with Gasteiger partial charge >= 0.3 is 0 Å². The van der Waals surface area contributed by atoms with Crippen molar-refractivity contribution in [1.29, 1.82) is 0 Å². The molecule has 6 heteroatoms. The average molecular weight is 376 g/mol. The summed E-state index contributed by atoms with van der Waals surface area (Å²) < 4.78 is 1.82. The van der Waals surface area contributed by atoms with Gasteiger partial charge < -0.3 is 10.6 Å². The summed E-state index contributed by atoms with van der Waals surface area (Å²) in [4.78, 5) is 4.72. The van der Waals surface area contributed by atoms with Gasteiger partial charge in [0.2, 0.25) is 0 Å². The highest BCUT2D eigenvalue weighted by Crippen LogP contribution is 2.28. The zero-order valence-electron chi connectivity index (χ0n) is 16.4. The summed E-state index contributed by atoms with van der Waals surface area (Å²) in [5.74, 6) is 0.964. The molecule has 2 heterocycles. The molecule has 1 fully saturated rings. The van der Waals surface area contributed by atoms with Crippen molar-refractivity contribution in [2.24, 2.45) is 0 Å². The van der Waals surface area contributed by atoms with Crippen LogP contribution in [0.5, 0.6) is 0 Å². The van der Waals surface area contributed by atoms with E-state index in [1.807, 2.05) is 4.52 Å². The standard InChI is InChI=1S/C20H30ClN5/c1-6-13(7-2)17-11-18(26-19(24-17)16(21)12-22-26)23-14-8-9-15(10-14)25-20(3,4)5/h6,11-12,14-15,23,25H,7-10H2,1-5H3/b13-6+/t14-,15-/m0/s1. The van der Waals surface area contributed by atoms with Gasteiger partial charge in [0.15, 0.2) is 5.65 Å². The molecule has 3 rings (SSSR count). The monoisotopic (exact) mass is 375 g/mol. The van der Waals surface area contributed by atoms with Crippen LogP contribution in [0.3, 0.4) is 0 Å². The van der Waals surface area contributed by atoms with Gasteiger partial charge in [0.05, 0.1) is 11.9 Å². The summed E-state index contributed by atoms with van der Waals surface area (Å²) in [6.07, 6.45) is 8.16. The van der Waals surface area contributed by atoms with Crippen LogP contribution in [-0.2, 0) is 0 Å². The van der Waals surface area contributed by atoms with Crippen molar-refractivity contribution in [3.05, 3.63) is 29.1 Å². The Bertz CT molecular complexity index is 802. The molecule has 0 saturated heterocycles. The minimum Gasteiger partial charge on any atom is -0.367 e. The van der Waals surface area contributed by atoms with E-state index in [4.69, 9.17) is 16.6 Å². The van der Waals surface area contributed by atoms with Gasteiger partial charge in [-0.3, -0.25) is 0 Å². The summed E-state index contributed by atoms with van der Waals surface area (Å²) in [7, 11) is 0. The number of fused-ring (bicyclic) bond motifs is 1. The molecule has 142 valence electrons. The molecule has 26 heavy (non-hydrogen) atoms. The molecular formula is C20H30ClN5. The van der Waals surface area contributed by atoms with E-state index in [0.717, 1.165) is 30.8 Å². The molecule has 1 aliphatic rings. The average Bonchev–Trinajstić information content (AvgIpc) is 3.14. The van der Waals surface area contributed by atoms with Crippen molar-refractivity contribution < 1.29 is 0 Å². The highest BCUT2D eigenvalue weighted by Gasteiger charge is 2.28. The fraction of sp³-hybridized carbons (Fsp3) is 0.600. The number of anilines is 1. The van der Waals surface area contributed by atoms with E-state index < -0.39 is 0 Å². The smallest absolute Gasteiger partial charge is 0.176 e. The molecule has 2 aromatic rings. The second kappa shape index (κ2) is 7.57. The van der Waals surface area contributed by atoms with Crippen molar-refractivity contribution >= 4 is 28.6 Å². The zero-order valence-corrected chi connectivity index (χ0v) is 17.2. The number of hydrogen-bond acceptors (Lipinski definition) is 4. The number of nitrogens with one attached hydrogen (secondary N) is 2. The Labute approximate surface area is 161 Å².